The Bertz CT molecular complexity index is 1590. The minimum Gasteiger partial charge on any atom is -0.391 e. The summed E-state index contributed by atoms with van der Waals surface area (Å²) in [5.41, 5.74) is 1.39. The Kier molecular flexibility index (Phi) is 6.32. The number of fused-ring (bicyclic) bond motifs is 1. The summed E-state index contributed by atoms with van der Waals surface area (Å²) in [5.74, 6) is -2.81. The summed E-state index contributed by atoms with van der Waals surface area (Å²) in [6, 6.07) is 5.23. The van der Waals surface area contributed by atoms with E-state index in [-0.39, 0.29) is 27.1 Å². The number of nitrogens with one attached hydrogen (secondary N) is 1. The molecule has 2 atom stereocenters. The minimum atomic E-state index is -4.39. The molecular weight excluding hydrogens is 523 g/mol. The van der Waals surface area contributed by atoms with Gasteiger partial charge in [-0.2, -0.15) is 4.31 Å². The van der Waals surface area contributed by atoms with Crippen LogP contribution < -0.4 is 10.1 Å². The monoisotopic (exact) mass is 544 g/mol. The van der Waals surface area contributed by atoms with Crippen molar-refractivity contribution in [3.63, 3.8) is 0 Å². The number of anilines is 1. The van der Waals surface area contributed by atoms with E-state index in [2.05, 4.69) is 10.2 Å². The van der Waals surface area contributed by atoms with Crippen molar-refractivity contribution < 1.29 is 25.6 Å². The van der Waals surface area contributed by atoms with E-state index in [1.807, 2.05) is 0 Å². The van der Waals surface area contributed by atoms with Gasteiger partial charge in [-0.05, 0) is 54.8 Å². The number of benzene rings is 2. The van der Waals surface area contributed by atoms with Crippen LogP contribution in [0, 0.1) is 19.7 Å². The number of rotatable bonds is 5. The molecular formula is C21H22ClFN4O6S2. The number of halogens is 2. The van der Waals surface area contributed by atoms with Gasteiger partial charge in [0.2, 0.25) is 25.9 Å². The van der Waals surface area contributed by atoms with E-state index in [9.17, 15) is 21.6 Å². The molecule has 188 valence electrons. The molecule has 1 aliphatic heterocycles. The molecule has 0 fully saturated rings. The zero-order chi connectivity index (χ0) is 25.9. The van der Waals surface area contributed by atoms with Crippen molar-refractivity contribution in [1.82, 2.24) is 14.5 Å². The van der Waals surface area contributed by atoms with Crippen molar-refractivity contribution >= 4 is 37.3 Å². The molecule has 3 aromatic rings. The summed E-state index contributed by atoms with van der Waals surface area (Å²) in [4.78, 5) is 11.5. The molecule has 4 rings (SSSR count). The molecule has 0 radical (unpaired) electrons. The molecule has 0 amide bonds. The Morgan fingerprint density at radius 1 is 1.23 bits per heavy atom. The van der Waals surface area contributed by atoms with Crippen LogP contribution in [0.15, 0.2) is 44.4 Å². The fourth-order valence-corrected chi connectivity index (χ4v) is 7.21. The first kappa shape index (κ1) is 25.4. The number of aryl methyl sites for hydroxylation is 1. The molecule has 1 N–H and O–H groups in total. The number of sulfonamides is 2. The number of H-pyrrole nitrogens is 1. The third-order valence-corrected chi connectivity index (χ3v) is 9.33. The number of aromatic nitrogens is 2. The molecule has 0 bridgehead atoms. The Morgan fingerprint density at radius 3 is 2.51 bits per heavy atom. The van der Waals surface area contributed by atoms with Crippen LogP contribution in [-0.4, -0.2) is 44.3 Å². The van der Waals surface area contributed by atoms with E-state index in [1.165, 1.54) is 24.3 Å². The van der Waals surface area contributed by atoms with Crippen molar-refractivity contribution in [3.05, 3.63) is 74.3 Å². The summed E-state index contributed by atoms with van der Waals surface area (Å²) in [6.07, 6.45) is 0.922. The molecule has 0 saturated heterocycles. The van der Waals surface area contributed by atoms with Crippen LogP contribution in [0.3, 0.4) is 0 Å². The SMILES string of the molecule is Cc1ccc(F)c([C@@H](C)C(c2n[nH]c(=O)o2)N2CN(S(C)(=O)=O)c3cc(Cl)ccc3S2(=O)=O)c1C. The topological polar surface area (TPSA) is 134 Å². The van der Waals surface area contributed by atoms with Crippen LogP contribution in [0.5, 0.6) is 0 Å². The normalized spacial score (nSPS) is 17.7. The lowest BCUT2D eigenvalue weighted by atomic mass is 9.87. The first-order valence-corrected chi connectivity index (χ1v) is 14.0. The van der Waals surface area contributed by atoms with E-state index in [0.29, 0.717) is 5.56 Å². The maximum atomic E-state index is 15.1. The van der Waals surface area contributed by atoms with E-state index >= 15 is 4.39 Å². The fourth-order valence-electron chi connectivity index (χ4n) is 4.31. The molecule has 35 heavy (non-hydrogen) atoms. The zero-order valence-electron chi connectivity index (χ0n) is 19.1. The van der Waals surface area contributed by atoms with Gasteiger partial charge in [-0.25, -0.2) is 31.1 Å². The third kappa shape index (κ3) is 4.37. The molecule has 1 unspecified atom stereocenters. The van der Waals surface area contributed by atoms with Gasteiger partial charge < -0.3 is 4.42 Å². The van der Waals surface area contributed by atoms with Crippen LogP contribution in [0.25, 0.3) is 0 Å². The minimum absolute atomic E-state index is 0.121. The third-order valence-electron chi connectivity index (χ3n) is 6.12. The van der Waals surface area contributed by atoms with Gasteiger partial charge in [0, 0.05) is 10.9 Å². The van der Waals surface area contributed by atoms with Gasteiger partial charge >= 0.3 is 5.76 Å². The molecule has 0 aliphatic carbocycles. The predicted octanol–water partition coefficient (Wildman–Crippen LogP) is 3.05. The Balaban J connectivity index is 1.99. The van der Waals surface area contributed by atoms with Crippen molar-refractivity contribution in [2.75, 3.05) is 17.2 Å². The summed E-state index contributed by atoms with van der Waals surface area (Å²) in [5, 5.41) is 6.05. The molecule has 10 nitrogen and oxygen atoms in total. The second-order valence-electron chi connectivity index (χ2n) is 8.34. The van der Waals surface area contributed by atoms with Gasteiger partial charge in [0.1, 0.15) is 23.4 Å². The smallest absolute Gasteiger partial charge is 0.391 e. The maximum absolute atomic E-state index is 15.1. The van der Waals surface area contributed by atoms with Crippen LogP contribution in [0.1, 0.15) is 41.5 Å². The van der Waals surface area contributed by atoms with E-state index in [4.69, 9.17) is 16.0 Å². The van der Waals surface area contributed by atoms with Crippen LogP contribution >= 0.6 is 11.6 Å². The Morgan fingerprint density at radius 2 is 1.91 bits per heavy atom. The van der Waals surface area contributed by atoms with Crippen LogP contribution in [-0.2, 0) is 20.0 Å². The average Bonchev–Trinajstić information content (AvgIpc) is 3.17. The highest BCUT2D eigenvalue weighted by Gasteiger charge is 2.47. The molecule has 2 heterocycles. The summed E-state index contributed by atoms with van der Waals surface area (Å²) in [7, 11) is -8.38. The summed E-state index contributed by atoms with van der Waals surface area (Å²) in [6.45, 7) is 4.35. The van der Waals surface area contributed by atoms with Gasteiger partial charge in [0.05, 0.1) is 11.9 Å². The number of nitrogens with zero attached hydrogens (tertiary/aromatic N) is 3. The highest BCUT2D eigenvalue weighted by atomic mass is 35.5. The molecule has 14 heteroatoms. The average molecular weight is 545 g/mol. The number of hydrogen-bond donors (Lipinski definition) is 1. The maximum Gasteiger partial charge on any atom is 0.434 e. The van der Waals surface area contributed by atoms with Crippen molar-refractivity contribution in [2.24, 2.45) is 0 Å². The summed E-state index contributed by atoms with van der Waals surface area (Å²) < 4.78 is 74.9. The lowest BCUT2D eigenvalue weighted by molar-refractivity contribution is 0.241. The number of aromatic amines is 1. The second-order valence-corrected chi connectivity index (χ2v) is 12.5. The van der Waals surface area contributed by atoms with Crippen molar-refractivity contribution in [2.45, 2.75) is 37.6 Å². The molecule has 1 aromatic heterocycles. The van der Waals surface area contributed by atoms with E-state index in [1.54, 1.807) is 26.8 Å². The van der Waals surface area contributed by atoms with Gasteiger partial charge in [-0.3, -0.25) is 4.31 Å². The summed E-state index contributed by atoms with van der Waals surface area (Å²) >= 11 is 6.03. The molecule has 0 saturated carbocycles. The van der Waals surface area contributed by atoms with Crippen LogP contribution in [0.2, 0.25) is 5.02 Å². The lowest BCUT2D eigenvalue weighted by Gasteiger charge is -2.40. The van der Waals surface area contributed by atoms with Gasteiger partial charge in [0.25, 0.3) is 0 Å². The predicted molar refractivity (Wildman–Crippen MR) is 127 cm³/mol. The largest absolute Gasteiger partial charge is 0.434 e. The van der Waals surface area contributed by atoms with E-state index in [0.717, 1.165) is 20.4 Å². The number of hydrogen-bond acceptors (Lipinski definition) is 7. The highest BCUT2D eigenvalue weighted by Crippen LogP contribution is 2.45. The standard InChI is InChI=1S/C21H22ClFN4O6S2/c1-11-5-7-15(23)18(12(11)2)13(3)19(20-24-25-21(28)33-20)27-10-26(34(4,29)30)16-9-14(22)6-8-17(16)35(27,31)32/h5-9,13,19H,10H2,1-4H3,(H,25,28)/t13-,19?/m1/s1. The van der Waals surface area contributed by atoms with Crippen LogP contribution in [0.4, 0.5) is 10.1 Å². The zero-order valence-corrected chi connectivity index (χ0v) is 21.5. The van der Waals surface area contributed by atoms with Gasteiger partial charge in [-0.15, -0.1) is 5.10 Å². The fraction of sp³-hybridized carbons (Fsp3) is 0.333. The highest BCUT2D eigenvalue weighted by molar-refractivity contribution is 7.93. The van der Waals surface area contributed by atoms with Crippen molar-refractivity contribution in [3.8, 4) is 0 Å². The molecule has 0 spiro atoms. The van der Waals surface area contributed by atoms with Crippen molar-refractivity contribution in [1.29, 1.82) is 0 Å². The first-order valence-electron chi connectivity index (χ1n) is 10.3. The molecule has 1 aliphatic rings. The van der Waals surface area contributed by atoms with E-state index < -0.39 is 50.2 Å². The first-order chi connectivity index (χ1) is 16.2. The lowest BCUT2D eigenvalue weighted by Crippen LogP contribution is -2.51. The van der Waals surface area contributed by atoms with Gasteiger partial charge in [-0.1, -0.05) is 24.6 Å². The van der Waals surface area contributed by atoms with Gasteiger partial charge in [0.15, 0.2) is 0 Å². The second kappa shape index (κ2) is 8.73. The Hall–Kier alpha value is -2.74. The molecule has 2 aromatic carbocycles. The Labute approximate surface area is 206 Å². The quantitative estimate of drug-likeness (QED) is 0.521.